The highest BCUT2D eigenvalue weighted by atomic mass is 16.2. The second-order valence-corrected chi connectivity index (χ2v) is 4.08. The van der Waals surface area contributed by atoms with Crippen LogP contribution in [0.1, 0.15) is 66.2 Å². The minimum absolute atomic E-state index is 0.226. The highest BCUT2D eigenvalue weighted by Gasteiger charge is 2.05. The first-order chi connectivity index (χ1) is 8.07. The third kappa shape index (κ3) is 13.1. The van der Waals surface area contributed by atoms with Gasteiger partial charge in [0.15, 0.2) is 0 Å². The molecule has 0 aliphatic heterocycles. The number of unbranched alkanes of at least 4 members (excludes halogenated alkanes) is 2. The van der Waals surface area contributed by atoms with E-state index in [1.165, 1.54) is 0 Å². The lowest BCUT2D eigenvalue weighted by atomic mass is 10.1. The molecule has 0 bridgehead atoms. The fourth-order valence-electron chi connectivity index (χ4n) is 1.43. The number of rotatable bonds is 8. The largest absolute Gasteiger partial charge is 0.346 e. The Morgan fingerprint density at radius 1 is 1.00 bits per heavy atom. The van der Waals surface area contributed by atoms with Crippen molar-refractivity contribution in [2.45, 2.75) is 66.2 Å². The second-order valence-electron chi connectivity index (χ2n) is 4.08. The molecule has 0 aliphatic rings. The summed E-state index contributed by atoms with van der Waals surface area (Å²) in [5.41, 5.74) is 0. The van der Waals surface area contributed by atoms with Crippen LogP contribution < -0.4 is 0 Å². The molecule has 3 nitrogen and oxygen atoms in total. The number of amides is 1. The van der Waals surface area contributed by atoms with Crippen molar-refractivity contribution in [2.75, 3.05) is 13.6 Å². The fourth-order valence-corrected chi connectivity index (χ4v) is 1.43. The maximum absolute atomic E-state index is 11.4. The zero-order valence-corrected chi connectivity index (χ0v) is 12.2. The Hall–Kier alpha value is -0.860. The molecule has 0 saturated heterocycles. The Balaban J connectivity index is 0. The van der Waals surface area contributed by atoms with E-state index in [4.69, 9.17) is 0 Å². The molecule has 0 aromatic heterocycles. The summed E-state index contributed by atoms with van der Waals surface area (Å²) in [4.78, 5) is 23.8. The molecule has 0 aliphatic carbocycles. The summed E-state index contributed by atoms with van der Waals surface area (Å²) >= 11 is 0. The van der Waals surface area contributed by atoms with E-state index in [0.717, 1.165) is 32.2 Å². The van der Waals surface area contributed by atoms with Gasteiger partial charge in [0.05, 0.1) is 0 Å². The highest BCUT2D eigenvalue weighted by molar-refractivity contribution is 5.75. The van der Waals surface area contributed by atoms with E-state index in [1.807, 2.05) is 27.8 Å². The molecule has 0 N–H and O–H groups in total. The minimum Gasteiger partial charge on any atom is -0.346 e. The number of ketones is 1. The maximum atomic E-state index is 11.4. The normalized spacial score (nSPS) is 9.24. The van der Waals surface area contributed by atoms with Gasteiger partial charge in [-0.15, -0.1) is 0 Å². The van der Waals surface area contributed by atoms with Crippen molar-refractivity contribution in [3.8, 4) is 0 Å². The lowest BCUT2D eigenvalue weighted by Gasteiger charge is -2.16. The van der Waals surface area contributed by atoms with Crippen LogP contribution in [0, 0.1) is 0 Å². The highest BCUT2D eigenvalue weighted by Crippen LogP contribution is 2.03. The molecule has 0 rings (SSSR count). The quantitative estimate of drug-likeness (QED) is 0.613. The molecule has 0 fully saturated rings. The summed E-state index contributed by atoms with van der Waals surface area (Å²) in [6.45, 7) is 8.45. The third-order valence-electron chi connectivity index (χ3n) is 2.41. The van der Waals surface area contributed by atoms with Crippen molar-refractivity contribution in [1.29, 1.82) is 0 Å². The molecular weight excluding hydrogens is 214 g/mol. The van der Waals surface area contributed by atoms with Crippen LogP contribution in [0.25, 0.3) is 0 Å². The molecule has 102 valence electrons. The number of carbonyl (C=O) groups is 2. The number of hydrogen-bond acceptors (Lipinski definition) is 2. The van der Waals surface area contributed by atoms with Crippen molar-refractivity contribution in [3.63, 3.8) is 0 Å². The van der Waals surface area contributed by atoms with E-state index < -0.39 is 0 Å². The zero-order chi connectivity index (χ0) is 13.7. The van der Waals surface area contributed by atoms with Gasteiger partial charge in [-0.05, 0) is 26.2 Å². The van der Waals surface area contributed by atoms with Gasteiger partial charge in [0.25, 0.3) is 0 Å². The van der Waals surface area contributed by atoms with Crippen LogP contribution in [0.2, 0.25) is 0 Å². The predicted molar refractivity (Wildman–Crippen MR) is 73.0 cm³/mol. The van der Waals surface area contributed by atoms with E-state index in [9.17, 15) is 9.59 Å². The van der Waals surface area contributed by atoms with Gasteiger partial charge in [-0.2, -0.15) is 0 Å². The Bertz CT molecular complexity index is 202. The Kier molecular flexibility index (Phi) is 14.4. The van der Waals surface area contributed by atoms with E-state index in [-0.39, 0.29) is 11.7 Å². The zero-order valence-electron chi connectivity index (χ0n) is 12.2. The topological polar surface area (TPSA) is 37.4 Å². The average Bonchev–Trinajstić information content (AvgIpc) is 2.31. The van der Waals surface area contributed by atoms with Crippen LogP contribution in [0.5, 0.6) is 0 Å². The van der Waals surface area contributed by atoms with Crippen molar-refractivity contribution in [2.24, 2.45) is 0 Å². The first kappa shape index (κ1) is 18.5. The lowest BCUT2D eigenvalue weighted by Crippen LogP contribution is -2.27. The number of nitrogens with zero attached hydrogens (tertiary/aromatic N) is 1. The molecule has 0 aromatic carbocycles. The summed E-state index contributed by atoms with van der Waals surface area (Å²) in [7, 11) is 1.85. The number of Topliss-reactive ketones (excluding diaryl/α,β-unsaturated/α-hetero) is 1. The van der Waals surface area contributed by atoms with Gasteiger partial charge in [0, 0.05) is 26.4 Å². The van der Waals surface area contributed by atoms with Gasteiger partial charge in [-0.25, -0.2) is 0 Å². The standard InChI is InChI=1S/C12H23NO2.C2H6/c1-4-8-12(15)13(3)10-7-5-6-9-11(2)14;1-2/h4-10H2,1-3H3;1-2H3. The monoisotopic (exact) mass is 243 g/mol. The second kappa shape index (κ2) is 13.2. The molecule has 0 atom stereocenters. The summed E-state index contributed by atoms with van der Waals surface area (Å²) in [6, 6.07) is 0. The van der Waals surface area contributed by atoms with Gasteiger partial charge in [-0.1, -0.05) is 27.2 Å². The first-order valence-electron chi connectivity index (χ1n) is 6.81. The van der Waals surface area contributed by atoms with Gasteiger partial charge in [0.2, 0.25) is 5.91 Å². The van der Waals surface area contributed by atoms with Crippen molar-refractivity contribution in [3.05, 3.63) is 0 Å². The van der Waals surface area contributed by atoms with Crippen molar-refractivity contribution < 1.29 is 9.59 Å². The molecule has 0 unspecified atom stereocenters. The molecule has 17 heavy (non-hydrogen) atoms. The number of hydrogen-bond donors (Lipinski definition) is 0. The van der Waals surface area contributed by atoms with Crippen molar-refractivity contribution in [1.82, 2.24) is 4.90 Å². The third-order valence-corrected chi connectivity index (χ3v) is 2.41. The Morgan fingerprint density at radius 2 is 1.59 bits per heavy atom. The molecule has 3 heteroatoms. The molecule has 0 aromatic rings. The summed E-state index contributed by atoms with van der Waals surface area (Å²) in [5.74, 6) is 0.481. The van der Waals surface area contributed by atoms with Crippen LogP contribution in [0.3, 0.4) is 0 Å². The van der Waals surface area contributed by atoms with E-state index in [1.54, 1.807) is 11.8 Å². The number of carbonyl (C=O) groups excluding carboxylic acids is 2. The van der Waals surface area contributed by atoms with E-state index in [2.05, 4.69) is 0 Å². The summed E-state index contributed by atoms with van der Waals surface area (Å²) < 4.78 is 0. The van der Waals surface area contributed by atoms with E-state index >= 15 is 0 Å². The molecule has 0 radical (unpaired) electrons. The molecular formula is C14H29NO2. The van der Waals surface area contributed by atoms with Gasteiger partial charge < -0.3 is 9.69 Å². The average molecular weight is 243 g/mol. The predicted octanol–water partition coefficient (Wildman–Crippen LogP) is 3.42. The van der Waals surface area contributed by atoms with E-state index in [0.29, 0.717) is 12.8 Å². The molecule has 0 heterocycles. The minimum atomic E-state index is 0.226. The Labute approximate surface area is 107 Å². The van der Waals surface area contributed by atoms with Crippen LogP contribution >= 0.6 is 0 Å². The Morgan fingerprint density at radius 3 is 2.06 bits per heavy atom. The van der Waals surface area contributed by atoms with Crippen LogP contribution in [0.15, 0.2) is 0 Å². The van der Waals surface area contributed by atoms with Gasteiger partial charge in [-0.3, -0.25) is 4.79 Å². The van der Waals surface area contributed by atoms with Crippen molar-refractivity contribution >= 4 is 11.7 Å². The van der Waals surface area contributed by atoms with Crippen LogP contribution in [-0.4, -0.2) is 30.2 Å². The summed E-state index contributed by atoms with van der Waals surface area (Å²) in [5, 5.41) is 0. The van der Waals surface area contributed by atoms with Crippen LogP contribution in [0.4, 0.5) is 0 Å². The molecule has 0 saturated carbocycles. The lowest BCUT2D eigenvalue weighted by molar-refractivity contribution is -0.130. The molecule has 1 amide bonds. The SMILES string of the molecule is CC.CCCC(=O)N(C)CCCCCC(C)=O. The van der Waals surface area contributed by atoms with Crippen LogP contribution in [-0.2, 0) is 9.59 Å². The van der Waals surface area contributed by atoms with Gasteiger partial charge >= 0.3 is 0 Å². The summed E-state index contributed by atoms with van der Waals surface area (Å²) in [6.07, 6.45) is 5.21. The first-order valence-corrected chi connectivity index (χ1v) is 6.81. The molecule has 0 spiro atoms. The smallest absolute Gasteiger partial charge is 0.222 e. The fraction of sp³-hybridized carbons (Fsp3) is 0.857. The van der Waals surface area contributed by atoms with Gasteiger partial charge in [0.1, 0.15) is 5.78 Å². The maximum Gasteiger partial charge on any atom is 0.222 e.